The predicted molar refractivity (Wildman–Crippen MR) is 54.8 cm³/mol. The summed E-state index contributed by atoms with van der Waals surface area (Å²) in [6.45, 7) is 1.31. The van der Waals surface area contributed by atoms with E-state index in [9.17, 15) is 4.79 Å². The Kier molecular flexibility index (Phi) is 2.67. The van der Waals surface area contributed by atoms with Crippen LogP contribution in [0.4, 0.5) is 0 Å². The lowest BCUT2D eigenvalue weighted by Gasteiger charge is -2.14. The smallest absolute Gasteiger partial charge is 0.224 e. The van der Waals surface area contributed by atoms with Crippen LogP contribution in [0, 0.1) is 0 Å². The molecule has 0 aliphatic carbocycles. The number of hydrogen-bond acceptors (Lipinski definition) is 4. The van der Waals surface area contributed by atoms with Gasteiger partial charge in [0.05, 0.1) is 0 Å². The van der Waals surface area contributed by atoms with Gasteiger partial charge < -0.3 is 4.90 Å². The van der Waals surface area contributed by atoms with Crippen molar-refractivity contribution in [3.05, 3.63) is 24.3 Å². The monoisotopic (exact) mass is 209 g/mol. The summed E-state index contributed by atoms with van der Waals surface area (Å²) in [4.78, 5) is 21.0. The lowest BCUT2D eigenvalue weighted by molar-refractivity contribution is -0.128. The lowest BCUT2D eigenvalue weighted by Crippen LogP contribution is -2.24. The number of carbonyl (C=O) groups is 1. The van der Waals surface area contributed by atoms with Gasteiger partial charge in [0.15, 0.2) is 0 Å². The summed E-state index contributed by atoms with van der Waals surface area (Å²) in [7, 11) is 0. The fourth-order valence-corrected chi connectivity index (χ4v) is 1.89. The maximum absolute atomic E-state index is 11.4. The molecule has 1 fully saturated rings. The number of thiol groups is 1. The molecule has 0 N–H and O–H groups in total. The van der Waals surface area contributed by atoms with E-state index in [2.05, 4.69) is 22.6 Å². The molecule has 2 heterocycles. The molecule has 1 aromatic heterocycles. The van der Waals surface area contributed by atoms with E-state index in [1.165, 1.54) is 6.33 Å². The van der Waals surface area contributed by atoms with Gasteiger partial charge in [0.25, 0.3) is 0 Å². The third-order valence-corrected chi connectivity index (χ3v) is 2.53. The molecule has 1 aliphatic rings. The summed E-state index contributed by atoms with van der Waals surface area (Å²) in [5.41, 5.74) is 0.961. The molecule has 1 saturated heterocycles. The molecule has 5 heteroatoms. The van der Waals surface area contributed by atoms with Crippen molar-refractivity contribution in [2.24, 2.45) is 0 Å². The van der Waals surface area contributed by atoms with Crippen LogP contribution < -0.4 is 0 Å². The minimum absolute atomic E-state index is 0.161. The number of hydrogen-bond donors (Lipinski definition) is 1. The van der Waals surface area contributed by atoms with E-state index in [1.54, 1.807) is 17.3 Å². The zero-order valence-corrected chi connectivity index (χ0v) is 8.52. The number of amides is 1. The van der Waals surface area contributed by atoms with Gasteiger partial charge in [0, 0.05) is 42.7 Å². The van der Waals surface area contributed by atoms with E-state index >= 15 is 0 Å². The highest BCUT2D eigenvalue weighted by Gasteiger charge is 2.26. The standard InChI is InChI=1S/C9H11N3OS/c13-9-1-8(14)5-12(9)4-7-2-10-6-11-3-7/h2-3,6,8,14H,1,4-5H2. The Morgan fingerprint density at radius 1 is 1.50 bits per heavy atom. The van der Waals surface area contributed by atoms with Crippen molar-refractivity contribution in [3.63, 3.8) is 0 Å². The SMILES string of the molecule is O=C1CC(S)CN1Cc1cncnc1. The van der Waals surface area contributed by atoms with Crippen LogP contribution in [0.5, 0.6) is 0 Å². The van der Waals surface area contributed by atoms with Crippen LogP contribution in [0.25, 0.3) is 0 Å². The minimum Gasteiger partial charge on any atom is -0.337 e. The number of rotatable bonds is 2. The van der Waals surface area contributed by atoms with Crippen LogP contribution >= 0.6 is 12.6 Å². The molecule has 0 saturated carbocycles. The Bertz CT molecular complexity index is 330. The van der Waals surface area contributed by atoms with Crippen molar-refractivity contribution in [3.8, 4) is 0 Å². The van der Waals surface area contributed by atoms with Crippen molar-refractivity contribution in [2.45, 2.75) is 18.2 Å². The van der Waals surface area contributed by atoms with E-state index in [0.717, 1.165) is 12.1 Å². The van der Waals surface area contributed by atoms with Crippen molar-refractivity contribution in [1.82, 2.24) is 14.9 Å². The topological polar surface area (TPSA) is 46.1 Å². The quantitative estimate of drug-likeness (QED) is 0.722. The van der Waals surface area contributed by atoms with Crippen molar-refractivity contribution in [1.29, 1.82) is 0 Å². The van der Waals surface area contributed by atoms with Crippen molar-refractivity contribution >= 4 is 18.5 Å². The fourth-order valence-electron chi connectivity index (χ4n) is 1.54. The lowest BCUT2D eigenvalue weighted by atomic mass is 10.3. The molecule has 1 aliphatic heterocycles. The molecule has 1 unspecified atom stereocenters. The van der Waals surface area contributed by atoms with Crippen LogP contribution in [-0.4, -0.2) is 32.6 Å². The van der Waals surface area contributed by atoms with Gasteiger partial charge in [-0.15, -0.1) is 0 Å². The third kappa shape index (κ3) is 2.04. The molecule has 2 rings (SSSR count). The highest BCUT2D eigenvalue weighted by atomic mass is 32.1. The van der Waals surface area contributed by atoms with Gasteiger partial charge >= 0.3 is 0 Å². The first-order valence-electron chi connectivity index (χ1n) is 4.45. The maximum Gasteiger partial charge on any atom is 0.224 e. The van der Waals surface area contributed by atoms with Gasteiger partial charge in [-0.3, -0.25) is 4.79 Å². The highest BCUT2D eigenvalue weighted by molar-refractivity contribution is 7.81. The molecular formula is C9H11N3OS. The van der Waals surface area contributed by atoms with E-state index in [-0.39, 0.29) is 11.2 Å². The van der Waals surface area contributed by atoms with Crippen LogP contribution in [-0.2, 0) is 11.3 Å². The molecule has 0 radical (unpaired) electrons. The molecule has 1 aromatic rings. The normalized spacial score (nSPS) is 21.6. The molecule has 1 amide bonds. The molecule has 14 heavy (non-hydrogen) atoms. The first-order valence-corrected chi connectivity index (χ1v) is 4.97. The average Bonchev–Trinajstić information content (AvgIpc) is 2.47. The van der Waals surface area contributed by atoms with Gasteiger partial charge in [-0.25, -0.2) is 9.97 Å². The van der Waals surface area contributed by atoms with Gasteiger partial charge in [-0.1, -0.05) is 0 Å². The Hall–Kier alpha value is -1.10. The number of aromatic nitrogens is 2. The second-order valence-electron chi connectivity index (χ2n) is 3.38. The number of likely N-dealkylation sites (tertiary alicyclic amines) is 1. The Morgan fingerprint density at radius 3 is 2.79 bits per heavy atom. The Labute approximate surface area is 87.8 Å². The summed E-state index contributed by atoms with van der Waals surface area (Å²) in [5.74, 6) is 0.161. The molecule has 0 bridgehead atoms. The summed E-state index contributed by atoms with van der Waals surface area (Å²) in [6.07, 6.45) is 5.48. The van der Waals surface area contributed by atoms with Crippen LogP contribution in [0.2, 0.25) is 0 Å². The number of nitrogens with zero attached hydrogens (tertiary/aromatic N) is 3. The summed E-state index contributed by atoms with van der Waals surface area (Å²) in [5, 5.41) is 0.173. The molecule has 0 aromatic carbocycles. The molecule has 4 nitrogen and oxygen atoms in total. The second kappa shape index (κ2) is 3.96. The molecule has 74 valence electrons. The number of carbonyl (C=O) groups excluding carboxylic acids is 1. The molecule has 1 atom stereocenters. The minimum atomic E-state index is 0.161. The molecule has 0 spiro atoms. The van der Waals surface area contributed by atoms with E-state index in [0.29, 0.717) is 13.0 Å². The van der Waals surface area contributed by atoms with Gasteiger partial charge in [0.2, 0.25) is 5.91 Å². The van der Waals surface area contributed by atoms with E-state index < -0.39 is 0 Å². The largest absolute Gasteiger partial charge is 0.337 e. The van der Waals surface area contributed by atoms with Gasteiger partial charge in [-0.2, -0.15) is 12.6 Å². The van der Waals surface area contributed by atoms with Gasteiger partial charge in [-0.05, 0) is 0 Å². The van der Waals surface area contributed by atoms with Gasteiger partial charge in [0.1, 0.15) is 6.33 Å². The zero-order valence-electron chi connectivity index (χ0n) is 7.63. The summed E-state index contributed by atoms with van der Waals surface area (Å²) >= 11 is 4.28. The molecular weight excluding hydrogens is 198 g/mol. The predicted octanol–water partition coefficient (Wildman–Crippen LogP) is 0.507. The Balaban J connectivity index is 2.02. The summed E-state index contributed by atoms with van der Waals surface area (Å²) < 4.78 is 0. The van der Waals surface area contributed by atoms with E-state index in [1.807, 2.05) is 0 Å². The zero-order chi connectivity index (χ0) is 9.97. The summed E-state index contributed by atoms with van der Waals surface area (Å²) in [6, 6.07) is 0. The van der Waals surface area contributed by atoms with E-state index in [4.69, 9.17) is 0 Å². The van der Waals surface area contributed by atoms with Crippen LogP contribution in [0.15, 0.2) is 18.7 Å². The van der Waals surface area contributed by atoms with Crippen molar-refractivity contribution < 1.29 is 4.79 Å². The third-order valence-electron chi connectivity index (χ3n) is 2.18. The fraction of sp³-hybridized carbons (Fsp3) is 0.444. The maximum atomic E-state index is 11.4. The Morgan fingerprint density at radius 2 is 2.21 bits per heavy atom. The van der Waals surface area contributed by atoms with Crippen LogP contribution in [0.3, 0.4) is 0 Å². The average molecular weight is 209 g/mol. The highest BCUT2D eigenvalue weighted by Crippen LogP contribution is 2.17. The van der Waals surface area contributed by atoms with Crippen LogP contribution in [0.1, 0.15) is 12.0 Å². The van der Waals surface area contributed by atoms with Crippen molar-refractivity contribution in [2.75, 3.05) is 6.54 Å². The first kappa shape index (κ1) is 9.45. The first-order chi connectivity index (χ1) is 6.75. The second-order valence-corrected chi connectivity index (χ2v) is 4.11.